The number of aromatic carboxylic acids is 1. The molecule has 1 amide bonds. The van der Waals surface area contributed by atoms with Crippen molar-refractivity contribution < 1.29 is 14.7 Å². The highest BCUT2D eigenvalue weighted by molar-refractivity contribution is 8.00. The average Bonchev–Trinajstić information content (AvgIpc) is 3.14. The fourth-order valence-electron chi connectivity index (χ4n) is 3.36. The van der Waals surface area contributed by atoms with Gasteiger partial charge in [0.1, 0.15) is 5.56 Å². The number of piperazine rings is 1. The second-order valence-electron chi connectivity index (χ2n) is 6.59. The lowest BCUT2D eigenvalue weighted by molar-refractivity contribution is -0.133. The molecule has 2 unspecified atom stereocenters. The molecule has 0 aliphatic carbocycles. The molecule has 3 heterocycles. The van der Waals surface area contributed by atoms with E-state index in [1.165, 1.54) is 6.20 Å². The number of carboxylic acid groups (broad SMARTS) is 1. The van der Waals surface area contributed by atoms with E-state index in [4.69, 9.17) is 0 Å². The zero-order chi connectivity index (χ0) is 17.3. The van der Waals surface area contributed by atoms with Gasteiger partial charge in [0.15, 0.2) is 0 Å². The van der Waals surface area contributed by atoms with E-state index < -0.39 is 5.97 Å². The third-order valence-corrected chi connectivity index (χ3v) is 6.48. The Hall–Kier alpha value is -1.54. The summed E-state index contributed by atoms with van der Waals surface area (Å²) in [5.41, 5.74) is 0.967. The molecule has 2 atom stereocenters. The van der Waals surface area contributed by atoms with Gasteiger partial charge in [0.2, 0.25) is 5.91 Å². The minimum absolute atomic E-state index is 0.118. The van der Waals surface area contributed by atoms with Crippen LogP contribution in [0, 0.1) is 5.92 Å². The van der Waals surface area contributed by atoms with E-state index in [9.17, 15) is 14.7 Å². The maximum atomic E-state index is 12.6. The zero-order valence-electron chi connectivity index (χ0n) is 14.1. The topological polar surface area (TPSA) is 78.7 Å². The summed E-state index contributed by atoms with van der Waals surface area (Å²) < 4.78 is 1.62. The monoisotopic (exact) mass is 352 g/mol. The number of hydrogen-bond donors (Lipinski definition) is 1. The van der Waals surface area contributed by atoms with Crippen molar-refractivity contribution in [1.82, 2.24) is 19.6 Å². The molecule has 3 rings (SSSR count). The first-order valence-corrected chi connectivity index (χ1v) is 9.39. The Balaban J connectivity index is 1.57. The van der Waals surface area contributed by atoms with Crippen LogP contribution in [0.4, 0.5) is 0 Å². The van der Waals surface area contributed by atoms with Crippen molar-refractivity contribution in [2.45, 2.75) is 25.1 Å². The Morgan fingerprint density at radius 2 is 2.04 bits per heavy atom. The molecular formula is C16H24N4O3S. The standard InChI is InChI=1S/C16H24N4O3S/c1-11-3-8-24-14(11)15(21)20-6-4-19(5-7-20)10-13-12(16(22)23)9-17-18(13)2/h9,11,14H,3-8,10H2,1-2H3,(H,22,23). The van der Waals surface area contributed by atoms with Gasteiger partial charge in [-0.2, -0.15) is 5.10 Å². The molecule has 7 nitrogen and oxygen atoms in total. The average molecular weight is 352 g/mol. The van der Waals surface area contributed by atoms with Crippen molar-refractivity contribution in [1.29, 1.82) is 0 Å². The van der Waals surface area contributed by atoms with E-state index in [0.29, 0.717) is 31.2 Å². The van der Waals surface area contributed by atoms with Crippen LogP contribution in [0.1, 0.15) is 29.4 Å². The van der Waals surface area contributed by atoms with Crippen LogP contribution in [0.5, 0.6) is 0 Å². The predicted molar refractivity (Wildman–Crippen MR) is 92.1 cm³/mol. The molecule has 1 N–H and O–H groups in total. The summed E-state index contributed by atoms with van der Waals surface area (Å²) in [7, 11) is 1.76. The number of amides is 1. The molecule has 0 radical (unpaired) electrons. The van der Waals surface area contributed by atoms with Crippen LogP contribution in [-0.2, 0) is 18.4 Å². The summed E-state index contributed by atoms with van der Waals surface area (Å²) in [6.07, 6.45) is 2.52. The summed E-state index contributed by atoms with van der Waals surface area (Å²) in [5, 5.41) is 13.4. The van der Waals surface area contributed by atoms with Crippen LogP contribution in [-0.4, -0.2) is 73.7 Å². The van der Waals surface area contributed by atoms with E-state index in [1.807, 2.05) is 4.90 Å². The van der Waals surface area contributed by atoms with E-state index in [0.717, 1.165) is 25.3 Å². The van der Waals surface area contributed by atoms with Gasteiger partial charge in [-0.1, -0.05) is 6.92 Å². The number of nitrogens with zero attached hydrogens (tertiary/aromatic N) is 4. The molecule has 2 saturated heterocycles. The lowest BCUT2D eigenvalue weighted by Crippen LogP contribution is -2.51. The molecule has 8 heteroatoms. The Morgan fingerprint density at radius 3 is 2.62 bits per heavy atom. The molecule has 2 aliphatic heterocycles. The largest absolute Gasteiger partial charge is 0.478 e. The Bertz CT molecular complexity index is 625. The van der Waals surface area contributed by atoms with Gasteiger partial charge in [-0.05, 0) is 18.1 Å². The number of thioether (sulfide) groups is 1. The van der Waals surface area contributed by atoms with Crippen LogP contribution in [0.2, 0.25) is 0 Å². The van der Waals surface area contributed by atoms with Crippen molar-refractivity contribution in [3.05, 3.63) is 17.5 Å². The van der Waals surface area contributed by atoms with E-state index in [-0.39, 0.29) is 16.7 Å². The van der Waals surface area contributed by atoms with Gasteiger partial charge in [0.05, 0.1) is 17.1 Å². The summed E-state index contributed by atoms with van der Waals surface area (Å²) in [5.74, 6) is 0.874. The number of aryl methyl sites for hydroxylation is 1. The van der Waals surface area contributed by atoms with Crippen molar-refractivity contribution in [2.24, 2.45) is 13.0 Å². The van der Waals surface area contributed by atoms with Gasteiger partial charge in [-0.15, -0.1) is 11.8 Å². The Labute approximate surface area is 146 Å². The smallest absolute Gasteiger partial charge is 0.339 e. The highest BCUT2D eigenvalue weighted by atomic mass is 32.2. The van der Waals surface area contributed by atoms with Crippen LogP contribution >= 0.6 is 11.8 Å². The number of carbonyl (C=O) groups is 2. The summed E-state index contributed by atoms with van der Waals surface area (Å²) in [4.78, 5) is 28.1. The number of aromatic nitrogens is 2. The van der Waals surface area contributed by atoms with Gasteiger partial charge in [-0.25, -0.2) is 4.79 Å². The van der Waals surface area contributed by atoms with Crippen LogP contribution in [0.25, 0.3) is 0 Å². The van der Waals surface area contributed by atoms with Gasteiger partial charge >= 0.3 is 5.97 Å². The normalized spacial score (nSPS) is 25.2. The molecular weight excluding hydrogens is 328 g/mol. The maximum absolute atomic E-state index is 12.6. The Morgan fingerprint density at radius 1 is 1.33 bits per heavy atom. The van der Waals surface area contributed by atoms with E-state index >= 15 is 0 Å². The molecule has 132 valence electrons. The molecule has 2 fully saturated rings. The number of carbonyl (C=O) groups excluding carboxylic acids is 1. The number of hydrogen-bond acceptors (Lipinski definition) is 5. The van der Waals surface area contributed by atoms with Gasteiger partial charge in [-0.3, -0.25) is 14.4 Å². The van der Waals surface area contributed by atoms with Crippen LogP contribution in [0.3, 0.4) is 0 Å². The fourth-order valence-corrected chi connectivity index (χ4v) is 4.88. The fraction of sp³-hybridized carbons (Fsp3) is 0.688. The molecule has 2 aliphatic rings. The quantitative estimate of drug-likeness (QED) is 0.868. The minimum Gasteiger partial charge on any atom is -0.478 e. The summed E-state index contributed by atoms with van der Waals surface area (Å²) in [6.45, 7) is 5.67. The third kappa shape index (κ3) is 3.44. The summed E-state index contributed by atoms with van der Waals surface area (Å²) >= 11 is 1.78. The van der Waals surface area contributed by atoms with Crippen LogP contribution < -0.4 is 0 Å². The minimum atomic E-state index is -0.945. The lowest BCUT2D eigenvalue weighted by atomic mass is 10.0. The molecule has 0 aromatic carbocycles. The molecule has 0 saturated carbocycles. The second-order valence-corrected chi connectivity index (χ2v) is 7.84. The molecule has 1 aromatic rings. The van der Waals surface area contributed by atoms with Gasteiger partial charge in [0, 0.05) is 39.8 Å². The van der Waals surface area contributed by atoms with Crippen molar-refractivity contribution in [3.63, 3.8) is 0 Å². The predicted octanol–water partition coefficient (Wildman–Crippen LogP) is 0.904. The van der Waals surface area contributed by atoms with E-state index in [2.05, 4.69) is 16.9 Å². The SMILES string of the molecule is CC1CCSC1C(=O)N1CCN(Cc2c(C(=O)O)cnn2C)CC1. The first-order valence-electron chi connectivity index (χ1n) is 8.34. The Kier molecular flexibility index (Phi) is 5.15. The lowest BCUT2D eigenvalue weighted by Gasteiger charge is -2.36. The number of rotatable bonds is 4. The van der Waals surface area contributed by atoms with E-state index in [1.54, 1.807) is 23.5 Å². The summed E-state index contributed by atoms with van der Waals surface area (Å²) in [6, 6.07) is 0. The van der Waals surface area contributed by atoms with Gasteiger partial charge < -0.3 is 10.0 Å². The zero-order valence-corrected chi connectivity index (χ0v) is 15.0. The second kappa shape index (κ2) is 7.14. The van der Waals surface area contributed by atoms with Crippen LogP contribution in [0.15, 0.2) is 6.20 Å². The highest BCUT2D eigenvalue weighted by Crippen LogP contribution is 2.33. The maximum Gasteiger partial charge on any atom is 0.339 e. The third-order valence-electron chi connectivity index (χ3n) is 4.98. The molecule has 0 spiro atoms. The highest BCUT2D eigenvalue weighted by Gasteiger charge is 2.34. The van der Waals surface area contributed by atoms with Crippen molar-refractivity contribution in [2.75, 3.05) is 31.9 Å². The van der Waals surface area contributed by atoms with Crippen molar-refractivity contribution in [3.8, 4) is 0 Å². The number of carboxylic acids is 1. The first kappa shape index (κ1) is 17.3. The first-order chi connectivity index (χ1) is 11.5. The molecule has 1 aromatic heterocycles. The molecule has 24 heavy (non-hydrogen) atoms. The van der Waals surface area contributed by atoms with Crippen molar-refractivity contribution >= 4 is 23.6 Å². The molecule has 0 bridgehead atoms. The van der Waals surface area contributed by atoms with Gasteiger partial charge in [0.25, 0.3) is 0 Å².